The van der Waals surface area contributed by atoms with Crippen LogP contribution in [-0.4, -0.2) is 24.2 Å². The van der Waals surface area contributed by atoms with Gasteiger partial charge in [0.1, 0.15) is 0 Å². The molecule has 1 aromatic heterocycles. The van der Waals surface area contributed by atoms with E-state index in [1.807, 2.05) is 0 Å². The van der Waals surface area contributed by atoms with Gasteiger partial charge in [-0.1, -0.05) is 15.9 Å². The number of hydrogen-bond acceptors (Lipinski definition) is 5. The van der Waals surface area contributed by atoms with Gasteiger partial charge in [-0.3, -0.25) is 4.57 Å². The maximum atomic E-state index is 13.3. The van der Waals surface area contributed by atoms with Crippen molar-refractivity contribution in [1.29, 1.82) is 0 Å². The van der Waals surface area contributed by atoms with Crippen LogP contribution in [0, 0.1) is 11.6 Å². The highest BCUT2D eigenvalue weighted by Gasteiger charge is 2.25. The van der Waals surface area contributed by atoms with Gasteiger partial charge in [-0.05, 0) is 0 Å². The summed E-state index contributed by atoms with van der Waals surface area (Å²) in [6, 6.07) is 1.92. The van der Waals surface area contributed by atoms with E-state index in [2.05, 4.69) is 25.9 Å². The molecule has 0 spiro atoms. The normalized spacial score (nSPS) is 12.0. The molecule has 0 radical (unpaired) electrons. The summed E-state index contributed by atoms with van der Waals surface area (Å²) in [5.41, 5.74) is 1.20. The molecule has 21 heavy (non-hydrogen) atoms. The van der Waals surface area contributed by atoms with Gasteiger partial charge in [0.05, 0.1) is 28.6 Å². The van der Waals surface area contributed by atoms with E-state index in [0.29, 0.717) is 16.7 Å². The Bertz CT molecular complexity index is 721. The molecular formula is C12H12BrF2N2O3P. The van der Waals surface area contributed by atoms with Gasteiger partial charge in [-0.15, -0.1) is 0 Å². The maximum Gasteiger partial charge on any atom is 0.336 e. The molecule has 0 aliphatic rings. The molecule has 0 saturated carbocycles. The van der Waals surface area contributed by atoms with E-state index in [-0.39, 0.29) is 17.2 Å². The number of fused-ring (bicyclic) bond motifs is 1. The lowest BCUT2D eigenvalue weighted by molar-refractivity contribution is 0.274. The van der Waals surface area contributed by atoms with Gasteiger partial charge in [0, 0.05) is 31.7 Å². The molecule has 9 heteroatoms. The van der Waals surface area contributed by atoms with E-state index in [1.165, 1.54) is 14.2 Å². The van der Waals surface area contributed by atoms with Crippen molar-refractivity contribution >= 4 is 34.6 Å². The van der Waals surface area contributed by atoms with E-state index < -0.39 is 19.2 Å². The summed E-state index contributed by atoms with van der Waals surface area (Å²) < 4.78 is 48.4. The van der Waals surface area contributed by atoms with Crippen molar-refractivity contribution in [2.24, 2.45) is 0 Å². The molecule has 1 heterocycles. The largest absolute Gasteiger partial charge is 0.336 e. The molecule has 0 unspecified atom stereocenters. The lowest BCUT2D eigenvalue weighted by atomic mass is 10.2. The summed E-state index contributed by atoms with van der Waals surface area (Å²) in [7, 11) is -0.803. The third-order valence-corrected chi connectivity index (χ3v) is 5.22. The topological polar surface area (TPSA) is 61.3 Å². The van der Waals surface area contributed by atoms with Crippen molar-refractivity contribution < 1.29 is 22.4 Å². The third kappa shape index (κ3) is 3.45. The lowest BCUT2D eigenvalue weighted by Gasteiger charge is -2.15. The standard InChI is InChI=1S/C12H12BrF2N2O3P/c1-19-21(18,20-2)6-12-11(5-13)16-9-3-7(14)8(15)4-10(9)17-12/h3-4H,5-6H2,1-2H3. The lowest BCUT2D eigenvalue weighted by Crippen LogP contribution is -2.04. The van der Waals surface area contributed by atoms with Gasteiger partial charge in [0.15, 0.2) is 11.6 Å². The Morgan fingerprint density at radius 2 is 1.57 bits per heavy atom. The fourth-order valence-electron chi connectivity index (χ4n) is 1.75. The zero-order valence-corrected chi connectivity index (χ0v) is 13.7. The highest BCUT2D eigenvalue weighted by molar-refractivity contribution is 9.08. The molecule has 0 N–H and O–H groups in total. The Kier molecular flexibility index (Phi) is 5.03. The minimum Gasteiger partial charge on any atom is -0.312 e. The number of rotatable bonds is 5. The molecule has 0 saturated heterocycles. The summed E-state index contributed by atoms with van der Waals surface area (Å²) in [5, 5.41) is 0.317. The minimum atomic E-state index is -3.33. The average Bonchev–Trinajstić information content (AvgIpc) is 2.48. The van der Waals surface area contributed by atoms with Crippen molar-refractivity contribution in [3.8, 4) is 0 Å². The molecule has 0 atom stereocenters. The molecule has 2 aromatic rings. The van der Waals surface area contributed by atoms with E-state index in [1.54, 1.807) is 0 Å². The zero-order chi connectivity index (χ0) is 15.6. The summed E-state index contributed by atoms with van der Waals surface area (Å²) in [4.78, 5) is 8.40. The quantitative estimate of drug-likeness (QED) is 0.583. The van der Waals surface area contributed by atoms with Gasteiger partial charge in [-0.25, -0.2) is 18.7 Å². The number of benzene rings is 1. The van der Waals surface area contributed by atoms with Crippen LogP contribution in [0.15, 0.2) is 12.1 Å². The number of alkyl halides is 1. The first-order chi connectivity index (χ1) is 9.92. The SMILES string of the molecule is COP(=O)(Cc1nc2cc(F)c(F)cc2nc1CBr)OC. The summed E-state index contributed by atoms with van der Waals surface area (Å²) in [5.74, 6) is -2.01. The molecule has 5 nitrogen and oxygen atoms in total. The van der Waals surface area contributed by atoms with Gasteiger partial charge in [-0.2, -0.15) is 0 Å². The van der Waals surface area contributed by atoms with Crippen LogP contribution < -0.4 is 0 Å². The molecule has 0 amide bonds. The van der Waals surface area contributed by atoms with Gasteiger partial charge >= 0.3 is 7.60 Å². The maximum absolute atomic E-state index is 13.3. The van der Waals surface area contributed by atoms with E-state index in [0.717, 1.165) is 12.1 Å². The minimum absolute atomic E-state index is 0.108. The predicted octanol–water partition coefficient (Wildman–Crippen LogP) is 3.79. The van der Waals surface area contributed by atoms with Crippen LogP contribution in [0.3, 0.4) is 0 Å². The van der Waals surface area contributed by atoms with Crippen LogP contribution in [0.2, 0.25) is 0 Å². The Labute approximate surface area is 128 Å². The number of aromatic nitrogens is 2. The smallest absolute Gasteiger partial charge is 0.312 e. The second kappa shape index (κ2) is 6.44. The summed E-state index contributed by atoms with van der Waals surface area (Å²) in [6.45, 7) is 0. The van der Waals surface area contributed by atoms with Gasteiger partial charge in [0.25, 0.3) is 0 Å². The van der Waals surface area contributed by atoms with Crippen LogP contribution in [0.5, 0.6) is 0 Å². The highest BCUT2D eigenvalue weighted by atomic mass is 79.9. The Morgan fingerprint density at radius 3 is 2.00 bits per heavy atom. The highest BCUT2D eigenvalue weighted by Crippen LogP contribution is 2.49. The van der Waals surface area contributed by atoms with Crippen LogP contribution in [0.25, 0.3) is 11.0 Å². The van der Waals surface area contributed by atoms with Crippen LogP contribution in [-0.2, 0) is 25.1 Å². The van der Waals surface area contributed by atoms with Crippen molar-refractivity contribution in [2.75, 3.05) is 14.2 Å². The molecule has 114 valence electrons. The second-order valence-electron chi connectivity index (χ2n) is 4.14. The van der Waals surface area contributed by atoms with Crippen LogP contribution >= 0.6 is 23.5 Å². The zero-order valence-electron chi connectivity index (χ0n) is 11.3. The summed E-state index contributed by atoms with van der Waals surface area (Å²) in [6.07, 6.45) is -0.108. The molecule has 0 fully saturated rings. The molecule has 0 aliphatic heterocycles. The van der Waals surface area contributed by atoms with Crippen molar-refractivity contribution in [3.63, 3.8) is 0 Å². The first-order valence-electron chi connectivity index (χ1n) is 5.83. The van der Waals surface area contributed by atoms with E-state index in [4.69, 9.17) is 9.05 Å². The van der Waals surface area contributed by atoms with Gasteiger partial charge < -0.3 is 9.05 Å². The number of hydrogen-bond donors (Lipinski definition) is 0. The molecule has 0 aliphatic carbocycles. The van der Waals surface area contributed by atoms with Crippen LogP contribution in [0.4, 0.5) is 8.78 Å². The molecule has 1 aromatic carbocycles. The molecule has 0 bridgehead atoms. The Balaban J connectivity index is 2.57. The number of nitrogens with zero attached hydrogens (tertiary/aromatic N) is 2. The monoisotopic (exact) mass is 380 g/mol. The van der Waals surface area contributed by atoms with E-state index >= 15 is 0 Å². The molecule has 2 rings (SSSR count). The van der Waals surface area contributed by atoms with Gasteiger partial charge in [0.2, 0.25) is 0 Å². The predicted molar refractivity (Wildman–Crippen MR) is 77.4 cm³/mol. The van der Waals surface area contributed by atoms with E-state index in [9.17, 15) is 13.3 Å². The van der Waals surface area contributed by atoms with Crippen molar-refractivity contribution in [1.82, 2.24) is 9.97 Å². The molecular weight excluding hydrogens is 369 g/mol. The van der Waals surface area contributed by atoms with Crippen LogP contribution in [0.1, 0.15) is 11.4 Å². The van der Waals surface area contributed by atoms with Crippen molar-refractivity contribution in [2.45, 2.75) is 11.5 Å². The number of halogens is 3. The Hall–Kier alpha value is -0.950. The fraction of sp³-hybridized carbons (Fsp3) is 0.333. The second-order valence-corrected chi connectivity index (χ2v) is 6.97. The average molecular weight is 381 g/mol. The Morgan fingerprint density at radius 1 is 1.10 bits per heavy atom. The first-order valence-corrected chi connectivity index (χ1v) is 8.68. The summed E-state index contributed by atoms with van der Waals surface area (Å²) >= 11 is 3.24. The van der Waals surface area contributed by atoms with Crippen molar-refractivity contribution in [3.05, 3.63) is 35.2 Å². The third-order valence-electron chi connectivity index (χ3n) is 2.89. The fourth-order valence-corrected chi connectivity index (χ4v) is 3.22. The first kappa shape index (κ1) is 16.4.